The molecule has 0 aliphatic heterocycles. The SMILES string of the molecule is CCCCCCNC(=O)C(CCC(c1ccccc1)c1ccccc1)c1ccccn1. The summed E-state index contributed by atoms with van der Waals surface area (Å²) in [6, 6.07) is 27.0. The first kappa shape index (κ1) is 22.7. The lowest BCUT2D eigenvalue weighted by molar-refractivity contribution is -0.122. The van der Waals surface area contributed by atoms with Gasteiger partial charge in [0.25, 0.3) is 0 Å². The number of nitrogens with zero attached hydrogens (tertiary/aromatic N) is 1. The van der Waals surface area contributed by atoms with Gasteiger partial charge in [-0.25, -0.2) is 0 Å². The highest BCUT2D eigenvalue weighted by Gasteiger charge is 2.24. The first-order chi connectivity index (χ1) is 15.3. The number of hydrogen-bond acceptors (Lipinski definition) is 2. The number of carbonyl (C=O) groups excluding carboxylic acids is 1. The lowest BCUT2D eigenvalue weighted by atomic mass is 9.84. The Morgan fingerprint density at radius 1 is 0.806 bits per heavy atom. The van der Waals surface area contributed by atoms with E-state index in [4.69, 9.17) is 0 Å². The van der Waals surface area contributed by atoms with E-state index >= 15 is 0 Å². The van der Waals surface area contributed by atoms with Crippen LogP contribution in [-0.2, 0) is 4.79 Å². The van der Waals surface area contributed by atoms with E-state index in [0.29, 0.717) is 0 Å². The molecule has 3 aromatic rings. The fourth-order valence-corrected chi connectivity index (χ4v) is 4.11. The average Bonchev–Trinajstić information content (AvgIpc) is 2.83. The highest BCUT2D eigenvalue weighted by Crippen LogP contribution is 2.32. The fraction of sp³-hybridized carbons (Fsp3) is 0.357. The minimum Gasteiger partial charge on any atom is -0.356 e. The van der Waals surface area contributed by atoms with Crippen molar-refractivity contribution in [2.45, 2.75) is 57.3 Å². The Bertz CT molecular complexity index is 841. The lowest BCUT2D eigenvalue weighted by Gasteiger charge is -2.22. The second-order valence-electron chi connectivity index (χ2n) is 8.11. The molecule has 3 heteroatoms. The number of unbranched alkanes of at least 4 members (excludes halogenated alkanes) is 3. The number of pyridine rings is 1. The quantitative estimate of drug-likeness (QED) is 0.345. The van der Waals surface area contributed by atoms with E-state index in [9.17, 15) is 4.79 Å². The van der Waals surface area contributed by atoms with Crippen LogP contribution >= 0.6 is 0 Å². The van der Waals surface area contributed by atoms with Crippen molar-refractivity contribution in [2.75, 3.05) is 6.54 Å². The van der Waals surface area contributed by atoms with Gasteiger partial charge in [0.05, 0.1) is 11.6 Å². The van der Waals surface area contributed by atoms with Crippen LogP contribution in [0, 0.1) is 0 Å². The Balaban J connectivity index is 1.74. The summed E-state index contributed by atoms with van der Waals surface area (Å²) in [7, 11) is 0. The summed E-state index contributed by atoms with van der Waals surface area (Å²) in [5.74, 6) is 0.114. The molecule has 1 heterocycles. The van der Waals surface area contributed by atoms with Crippen molar-refractivity contribution >= 4 is 5.91 Å². The van der Waals surface area contributed by atoms with Gasteiger partial charge in [-0.05, 0) is 42.5 Å². The van der Waals surface area contributed by atoms with E-state index in [1.54, 1.807) is 6.20 Å². The van der Waals surface area contributed by atoms with Crippen LogP contribution < -0.4 is 5.32 Å². The predicted molar refractivity (Wildman–Crippen MR) is 128 cm³/mol. The van der Waals surface area contributed by atoms with E-state index in [1.165, 1.54) is 24.0 Å². The molecule has 1 amide bonds. The molecule has 1 aromatic heterocycles. The predicted octanol–water partition coefficient (Wildman–Crippen LogP) is 6.47. The minimum absolute atomic E-state index is 0.0927. The van der Waals surface area contributed by atoms with Gasteiger partial charge in [-0.2, -0.15) is 0 Å². The van der Waals surface area contributed by atoms with Gasteiger partial charge in [0, 0.05) is 18.7 Å². The normalized spacial score (nSPS) is 11.9. The third-order valence-corrected chi connectivity index (χ3v) is 5.84. The summed E-state index contributed by atoms with van der Waals surface area (Å²) in [5, 5.41) is 3.16. The Hall–Kier alpha value is -2.94. The average molecular weight is 415 g/mol. The zero-order valence-corrected chi connectivity index (χ0v) is 18.5. The molecular weight excluding hydrogens is 380 g/mol. The largest absolute Gasteiger partial charge is 0.356 e. The Morgan fingerprint density at radius 3 is 2.03 bits per heavy atom. The number of carbonyl (C=O) groups is 1. The first-order valence-corrected chi connectivity index (χ1v) is 11.6. The Labute approximate surface area is 186 Å². The zero-order chi connectivity index (χ0) is 21.7. The summed E-state index contributed by atoms with van der Waals surface area (Å²) in [5.41, 5.74) is 3.43. The standard InChI is InChI=1S/C28H34N2O/c1-2-3-4-12-22-30-28(31)26(27-18-11-13-21-29-27)20-19-25(23-14-7-5-8-15-23)24-16-9-6-10-17-24/h5-11,13-18,21,25-26H,2-4,12,19-20,22H2,1H3,(H,30,31). The van der Waals surface area contributed by atoms with Crippen LogP contribution in [0.2, 0.25) is 0 Å². The molecule has 2 aromatic carbocycles. The van der Waals surface area contributed by atoms with Gasteiger partial charge in [0.15, 0.2) is 0 Å². The van der Waals surface area contributed by atoms with Crippen molar-refractivity contribution in [1.29, 1.82) is 0 Å². The van der Waals surface area contributed by atoms with Gasteiger partial charge in [-0.1, -0.05) is 92.9 Å². The highest BCUT2D eigenvalue weighted by molar-refractivity contribution is 5.83. The molecule has 0 aliphatic rings. The summed E-state index contributed by atoms with van der Waals surface area (Å²) in [6.45, 7) is 2.94. The topological polar surface area (TPSA) is 42.0 Å². The molecule has 31 heavy (non-hydrogen) atoms. The van der Waals surface area contributed by atoms with Crippen LogP contribution in [0.1, 0.15) is 74.1 Å². The van der Waals surface area contributed by atoms with Crippen molar-refractivity contribution in [1.82, 2.24) is 10.3 Å². The van der Waals surface area contributed by atoms with Gasteiger partial charge >= 0.3 is 0 Å². The molecule has 0 aliphatic carbocycles. The van der Waals surface area contributed by atoms with Crippen LogP contribution in [0.4, 0.5) is 0 Å². The fourth-order valence-electron chi connectivity index (χ4n) is 4.11. The van der Waals surface area contributed by atoms with Crippen molar-refractivity contribution < 1.29 is 4.79 Å². The van der Waals surface area contributed by atoms with Crippen molar-refractivity contribution in [3.05, 3.63) is 102 Å². The number of rotatable bonds is 12. The highest BCUT2D eigenvalue weighted by atomic mass is 16.1. The Kier molecular flexibility index (Phi) is 9.31. The molecule has 0 saturated carbocycles. The molecule has 0 fully saturated rings. The molecule has 1 atom stereocenters. The van der Waals surface area contributed by atoms with Gasteiger partial charge in [0.1, 0.15) is 0 Å². The van der Waals surface area contributed by atoms with Gasteiger partial charge < -0.3 is 5.32 Å². The molecule has 3 rings (SSSR count). The van der Waals surface area contributed by atoms with E-state index in [0.717, 1.165) is 37.9 Å². The molecule has 0 saturated heterocycles. The van der Waals surface area contributed by atoms with E-state index in [-0.39, 0.29) is 17.7 Å². The summed E-state index contributed by atoms with van der Waals surface area (Å²) in [6.07, 6.45) is 8.04. The molecule has 0 spiro atoms. The van der Waals surface area contributed by atoms with Crippen molar-refractivity contribution in [3.8, 4) is 0 Å². The van der Waals surface area contributed by atoms with E-state index in [2.05, 4.69) is 65.8 Å². The number of aromatic nitrogens is 1. The molecule has 1 unspecified atom stereocenters. The third kappa shape index (κ3) is 7.06. The van der Waals surface area contributed by atoms with Crippen molar-refractivity contribution in [2.24, 2.45) is 0 Å². The third-order valence-electron chi connectivity index (χ3n) is 5.84. The molecule has 1 N–H and O–H groups in total. The molecule has 3 nitrogen and oxygen atoms in total. The Morgan fingerprint density at radius 2 is 1.45 bits per heavy atom. The number of benzene rings is 2. The van der Waals surface area contributed by atoms with E-state index in [1.807, 2.05) is 30.3 Å². The summed E-state index contributed by atoms with van der Waals surface area (Å²) in [4.78, 5) is 17.6. The monoisotopic (exact) mass is 414 g/mol. The maximum Gasteiger partial charge on any atom is 0.229 e. The van der Waals surface area contributed by atoms with E-state index < -0.39 is 0 Å². The molecule has 0 bridgehead atoms. The molecular formula is C28H34N2O. The second-order valence-corrected chi connectivity index (χ2v) is 8.11. The lowest BCUT2D eigenvalue weighted by Crippen LogP contribution is -2.31. The number of nitrogens with one attached hydrogen (secondary N) is 1. The van der Waals surface area contributed by atoms with Crippen LogP contribution in [0.25, 0.3) is 0 Å². The maximum atomic E-state index is 13.1. The number of hydrogen-bond donors (Lipinski definition) is 1. The minimum atomic E-state index is -0.234. The van der Waals surface area contributed by atoms with Crippen LogP contribution in [-0.4, -0.2) is 17.4 Å². The number of amides is 1. The van der Waals surface area contributed by atoms with Crippen LogP contribution in [0.3, 0.4) is 0 Å². The van der Waals surface area contributed by atoms with Gasteiger partial charge in [0.2, 0.25) is 5.91 Å². The van der Waals surface area contributed by atoms with Crippen molar-refractivity contribution in [3.63, 3.8) is 0 Å². The van der Waals surface area contributed by atoms with Crippen LogP contribution in [0.15, 0.2) is 85.1 Å². The molecule has 162 valence electrons. The first-order valence-electron chi connectivity index (χ1n) is 11.6. The van der Waals surface area contributed by atoms with Gasteiger partial charge in [-0.15, -0.1) is 0 Å². The van der Waals surface area contributed by atoms with Crippen LogP contribution in [0.5, 0.6) is 0 Å². The summed E-state index contributed by atoms with van der Waals surface area (Å²) >= 11 is 0. The van der Waals surface area contributed by atoms with Gasteiger partial charge in [-0.3, -0.25) is 9.78 Å². The summed E-state index contributed by atoms with van der Waals surface area (Å²) < 4.78 is 0. The molecule has 0 radical (unpaired) electrons. The maximum absolute atomic E-state index is 13.1. The zero-order valence-electron chi connectivity index (χ0n) is 18.5. The smallest absolute Gasteiger partial charge is 0.229 e. The second kappa shape index (κ2) is 12.7.